The van der Waals surface area contributed by atoms with Crippen molar-refractivity contribution >= 4 is 23.4 Å². The van der Waals surface area contributed by atoms with E-state index in [0.29, 0.717) is 12.3 Å². The van der Waals surface area contributed by atoms with Gasteiger partial charge in [-0.1, -0.05) is 24.3 Å². The fraction of sp³-hybridized carbons (Fsp3) is 0.391. The lowest BCUT2D eigenvalue weighted by Gasteiger charge is -2.37. The first-order chi connectivity index (χ1) is 15.0. The summed E-state index contributed by atoms with van der Waals surface area (Å²) in [6.07, 6.45) is 0. The Hall–Kier alpha value is -3.42. The van der Waals surface area contributed by atoms with Gasteiger partial charge in [-0.05, 0) is 43.7 Å². The molecule has 0 bridgehead atoms. The minimum Gasteiger partial charge on any atom is -0.506 e. The Bertz CT molecular complexity index is 889. The number of piperazine rings is 1. The minimum absolute atomic E-state index is 0.0930. The van der Waals surface area contributed by atoms with E-state index in [2.05, 4.69) is 30.7 Å². The van der Waals surface area contributed by atoms with Gasteiger partial charge in [-0.2, -0.15) is 0 Å². The zero-order chi connectivity index (χ0) is 22.2. The molecule has 31 heavy (non-hydrogen) atoms. The number of anilines is 2. The van der Waals surface area contributed by atoms with E-state index in [4.69, 9.17) is 0 Å². The Balaban J connectivity index is 1.49. The molecule has 3 rings (SSSR count). The highest BCUT2D eigenvalue weighted by atomic mass is 16.3. The van der Waals surface area contributed by atoms with Gasteiger partial charge in [-0.25, -0.2) is 4.79 Å². The van der Waals surface area contributed by atoms with Crippen molar-refractivity contribution in [2.75, 3.05) is 43.4 Å². The number of guanidine groups is 1. The van der Waals surface area contributed by atoms with Gasteiger partial charge < -0.3 is 30.9 Å². The van der Waals surface area contributed by atoms with E-state index >= 15 is 0 Å². The maximum atomic E-state index is 11.8. The molecule has 1 aliphatic heterocycles. The average molecular weight is 425 g/mol. The van der Waals surface area contributed by atoms with Gasteiger partial charge in [-0.15, -0.1) is 0 Å². The lowest BCUT2D eigenvalue weighted by atomic mass is 10.2. The van der Waals surface area contributed by atoms with Crippen molar-refractivity contribution < 1.29 is 9.90 Å². The molecule has 0 saturated carbocycles. The molecule has 8 heteroatoms. The molecule has 0 aromatic heterocycles. The number of amides is 2. The number of phenolic OH excluding ortho intramolecular Hbond substituents is 1. The van der Waals surface area contributed by atoms with Crippen LogP contribution in [0.25, 0.3) is 0 Å². The number of aromatic hydroxyl groups is 1. The number of para-hydroxylation sites is 2. The third-order valence-electron chi connectivity index (χ3n) is 5.10. The third kappa shape index (κ3) is 6.28. The maximum absolute atomic E-state index is 11.8. The number of nitrogens with zero attached hydrogens (tertiary/aromatic N) is 3. The molecule has 0 atom stereocenters. The zero-order valence-electron chi connectivity index (χ0n) is 18.4. The molecule has 1 fully saturated rings. The first-order valence-corrected chi connectivity index (χ1v) is 10.6. The second kappa shape index (κ2) is 10.6. The molecule has 1 heterocycles. The van der Waals surface area contributed by atoms with E-state index in [0.717, 1.165) is 49.1 Å². The Morgan fingerprint density at radius 2 is 1.74 bits per heavy atom. The van der Waals surface area contributed by atoms with Crippen LogP contribution in [0.5, 0.6) is 5.75 Å². The third-order valence-corrected chi connectivity index (χ3v) is 5.10. The van der Waals surface area contributed by atoms with Crippen molar-refractivity contribution in [2.24, 2.45) is 4.99 Å². The first-order valence-electron chi connectivity index (χ1n) is 10.6. The summed E-state index contributed by atoms with van der Waals surface area (Å²) in [5.41, 5.74) is 2.73. The number of nitrogens with one attached hydrogen (secondary N) is 3. The van der Waals surface area contributed by atoms with Crippen molar-refractivity contribution in [3.8, 4) is 5.75 Å². The summed E-state index contributed by atoms with van der Waals surface area (Å²) in [5.74, 6) is 1.17. The predicted octanol–water partition coefficient (Wildman–Crippen LogP) is 2.82. The molecule has 0 aliphatic carbocycles. The van der Waals surface area contributed by atoms with Gasteiger partial charge in [0.25, 0.3) is 0 Å². The number of aliphatic imine (C=N–C) groups is 1. The van der Waals surface area contributed by atoms with Gasteiger partial charge in [0, 0.05) is 51.5 Å². The number of hydrogen-bond acceptors (Lipinski definition) is 4. The molecule has 2 amide bonds. The molecule has 0 radical (unpaired) electrons. The second-order valence-electron chi connectivity index (χ2n) is 7.81. The quantitative estimate of drug-likeness (QED) is 0.438. The van der Waals surface area contributed by atoms with Crippen molar-refractivity contribution in [3.05, 3.63) is 54.1 Å². The number of rotatable bonds is 5. The lowest BCUT2D eigenvalue weighted by Crippen LogP contribution is -2.52. The highest BCUT2D eigenvalue weighted by Crippen LogP contribution is 2.27. The molecule has 8 nitrogen and oxygen atoms in total. The van der Waals surface area contributed by atoms with Gasteiger partial charge >= 0.3 is 6.03 Å². The monoisotopic (exact) mass is 424 g/mol. The fourth-order valence-corrected chi connectivity index (χ4v) is 3.54. The van der Waals surface area contributed by atoms with Gasteiger partial charge in [0.1, 0.15) is 5.75 Å². The summed E-state index contributed by atoms with van der Waals surface area (Å²) in [5, 5.41) is 19.1. The molecule has 4 N–H and O–H groups in total. The van der Waals surface area contributed by atoms with Crippen LogP contribution in [0.3, 0.4) is 0 Å². The van der Waals surface area contributed by atoms with Gasteiger partial charge in [0.05, 0.1) is 5.69 Å². The maximum Gasteiger partial charge on any atom is 0.319 e. The van der Waals surface area contributed by atoms with Crippen LogP contribution >= 0.6 is 0 Å². The van der Waals surface area contributed by atoms with Crippen LogP contribution in [0.15, 0.2) is 53.5 Å². The lowest BCUT2D eigenvalue weighted by molar-refractivity contribution is 0.250. The predicted molar refractivity (Wildman–Crippen MR) is 126 cm³/mol. The van der Waals surface area contributed by atoms with Crippen LogP contribution in [-0.2, 0) is 6.54 Å². The topological polar surface area (TPSA) is 92.2 Å². The molecule has 0 unspecified atom stereocenters. The van der Waals surface area contributed by atoms with Crippen LogP contribution in [-0.4, -0.2) is 61.3 Å². The van der Waals surface area contributed by atoms with Crippen LogP contribution in [0.2, 0.25) is 0 Å². The first kappa shape index (κ1) is 22.3. The van der Waals surface area contributed by atoms with E-state index in [9.17, 15) is 9.90 Å². The SMILES string of the molecule is CN=C(NCc1ccc(NC(=O)NC(C)C)cc1)N1CCN(c2ccccc2O)CC1. The smallest absolute Gasteiger partial charge is 0.319 e. The number of urea groups is 1. The summed E-state index contributed by atoms with van der Waals surface area (Å²) in [7, 11) is 1.79. The highest BCUT2D eigenvalue weighted by Gasteiger charge is 2.21. The van der Waals surface area contributed by atoms with Crippen LogP contribution in [0.4, 0.5) is 16.2 Å². The van der Waals surface area contributed by atoms with E-state index in [-0.39, 0.29) is 12.1 Å². The Morgan fingerprint density at radius 3 is 2.35 bits per heavy atom. The van der Waals surface area contributed by atoms with Crippen LogP contribution < -0.4 is 20.9 Å². The highest BCUT2D eigenvalue weighted by molar-refractivity contribution is 5.89. The van der Waals surface area contributed by atoms with Crippen LogP contribution in [0, 0.1) is 0 Å². The molecule has 1 saturated heterocycles. The van der Waals surface area contributed by atoms with Gasteiger partial charge in [0.15, 0.2) is 5.96 Å². The van der Waals surface area contributed by atoms with Crippen molar-refractivity contribution in [3.63, 3.8) is 0 Å². The average Bonchev–Trinajstić information content (AvgIpc) is 2.75. The molecule has 166 valence electrons. The molecule has 0 spiro atoms. The summed E-state index contributed by atoms with van der Waals surface area (Å²) in [6.45, 7) is 7.77. The normalized spacial score (nSPS) is 14.5. The molecule has 1 aliphatic rings. The summed E-state index contributed by atoms with van der Waals surface area (Å²) >= 11 is 0. The molecular formula is C23H32N6O2. The fourth-order valence-electron chi connectivity index (χ4n) is 3.54. The van der Waals surface area contributed by atoms with E-state index in [1.54, 1.807) is 13.1 Å². The summed E-state index contributed by atoms with van der Waals surface area (Å²) in [4.78, 5) is 20.6. The summed E-state index contributed by atoms with van der Waals surface area (Å²) < 4.78 is 0. The zero-order valence-corrected chi connectivity index (χ0v) is 18.4. The molecule has 2 aromatic carbocycles. The van der Waals surface area contributed by atoms with E-state index < -0.39 is 0 Å². The summed E-state index contributed by atoms with van der Waals surface area (Å²) in [6, 6.07) is 15.1. The number of carbonyl (C=O) groups excluding carboxylic acids is 1. The Kier molecular flexibility index (Phi) is 7.59. The van der Waals surface area contributed by atoms with Gasteiger partial charge in [-0.3, -0.25) is 4.99 Å². The Morgan fingerprint density at radius 1 is 1.06 bits per heavy atom. The van der Waals surface area contributed by atoms with Crippen molar-refractivity contribution in [2.45, 2.75) is 26.4 Å². The number of hydrogen-bond donors (Lipinski definition) is 4. The van der Waals surface area contributed by atoms with E-state index in [1.165, 1.54) is 0 Å². The second-order valence-corrected chi connectivity index (χ2v) is 7.81. The number of phenols is 1. The minimum atomic E-state index is -0.204. The largest absolute Gasteiger partial charge is 0.506 e. The Labute approximate surface area is 184 Å². The molecule has 2 aromatic rings. The van der Waals surface area contributed by atoms with Crippen LogP contribution in [0.1, 0.15) is 19.4 Å². The number of carbonyl (C=O) groups is 1. The van der Waals surface area contributed by atoms with Crippen molar-refractivity contribution in [1.82, 2.24) is 15.5 Å². The standard InChI is InChI=1S/C23H32N6O2/c1-17(2)26-23(31)27-19-10-8-18(9-11-19)16-25-22(24-3)29-14-12-28(13-15-29)20-6-4-5-7-21(20)30/h4-11,17,30H,12-16H2,1-3H3,(H,24,25)(H2,26,27,31). The van der Waals surface area contributed by atoms with Gasteiger partial charge in [0.2, 0.25) is 0 Å². The molecular weight excluding hydrogens is 392 g/mol. The number of benzene rings is 2. The van der Waals surface area contributed by atoms with Crippen molar-refractivity contribution in [1.29, 1.82) is 0 Å². The van der Waals surface area contributed by atoms with E-state index in [1.807, 2.05) is 56.3 Å².